The smallest absolute Gasteiger partial charge is 0.257 e. The van der Waals surface area contributed by atoms with Crippen LogP contribution in [0.5, 0.6) is 0 Å². The fourth-order valence-corrected chi connectivity index (χ4v) is 1.84. The number of halogens is 3. The van der Waals surface area contributed by atoms with Gasteiger partial charge in [0.25, 0.3) is 5.91 Å². The van der Waals surface area contributed by atoms with Crippen molar-refractivity contribution >= 4 is 21.8 Å². The number of hydrogen-bond donors (Lipinski definition) is 2. The Hall–Kier alpha value is -1.01. The summed E-state index contributed by atoms with van der Waals surface area (Å²) in [5.74, 6) is -2.56. The van der Waals surface area contributed by atoms with E-state index in [1.807, 2.05) is 6.92 Å². The highest BCUT2D eigenvalue weighted by atomic mass is 79.9. The van der Waals surface area contributed by atoms with Gasteiger partial charge in [0.05, 0.1) is 0 Å². The second-order valence-electron chi connectivity index (χ2n) is 4.07. The van der Waals surface area contributed by atoms with Crippen molar-refractivity contribution in [2.75, 3.05) is 13.2 Å². The molecule has 0 fully saturated rings. The van der Waals surface area contributed by atoms with E-state index in [-0.39, 0.29) is 23.5 Å². The summed E-state index contributed by atoms with van der Waals surface area (Å²) in [4.78, 5) is 11.6. The zero-order chi connectivity index (χ0) is 13.7. The summed E-state index contributed by atoms with van der Waals surface area (Å²) in [7, 11) is 0. The number of amides is 1. The minimum atomic E-state index is -0.908. The highest BCUT2D eigenvalue weighted by Crippen LogP contribution is 2.19. The second-order valence-corrected chi connectivity index (χ2v) is 4.99. The SMILES string of the molecule is CC(CCO)CNC(=O)c1c(F)cc(Br)cc1F. The van der Waals surface area contributed by atoms with Gasteiger partial charge in [0.15, 0.2) is 0 Å². The van der Waals surface area contributed by atoms with E-state index in [0.717, 1.165) is 12.1 Å². The second kappa shape index (κ2) is 6.80. The minimum absolute atomic E-state index is 0.0119. The van der Waals surface area contributed by atoms with Crippen molar-refractivity contribution in [3.63, 3.8) is 0 Å². The maximum absolute atomic E-state index is 13.5. The Balaban J connectivity index is 2.73. The molecule has 0 aliphatic rings. The first-order valence-corrected chi connectivity index (χ1v) is 6.28. The van der Waals surface area contributed by atoms with E-state index in [1.54, 1.807) is 0 Å². The van der Waals surface area contributed by atoms with Gasteiger partial charge in [-0.05, 0) is 24.5 Å². The van der Waals surface area contributed by atoms with E-state index >= 15 is 0 Å². The van der Waals surface area contributed by atoms with Gasteiger partial charge >= 0.3 is 0 Å². The molecule has 0 bridgehead atoms. The van der Waals surface area contributed by atoms with Crippen LogP contribution < -0.4 is 5.32 Å². The van der Waals surface area contributed by atoms with Gasteiger partial charge in [-0.2, -0.15) is 0 Å². The predicted molar refractivity (Wildman–Crippen MR) is 67.3 cm³/mol. The molecule has 0 radical (unpaired) electrons. The fourth-order valence-electron chi connectivity index (χ4n) is 1.44. The molecule has 0 saturated heterocycles. The Morgan fingerprint density at radius 3 is 2.50 bits per heavy atom. The zero-order valence-corrected chi connectivity index (χ0v) is 11.4. The Bertz CT molecular complexity index is 417. The molecule has 0 aliphatic heterocycles. The van der Waals surface area contributed by atoms with Gasteiger partial charge in [-0.1, -0.05) is 22.9 Å². The Morgan fingerprint density at radius 1 is 1.44 bits per heavy atom. The summed E-state index contributed by atoms with van der Waals surface area (Å²) in [6.45, 7) is 2.09. The van der Waals surface area contributed by atoms with Crippen LogP contribution in [0.15, 0.2) is 16.6 Å². The molecular weight excluding hydrogens is 308 g/mol. The predicted octanol–water partition coefficient (Wildman–Crippen LogP) is 2.48. The molecule has 3 nitrogen and oxygen atoms in total. The fraction of sp³-hybridized carbons (Fsp3) is 0.417. The average molecular weight is 322 g/mol. The van der Waals surface area contributed by atoms with Crippen molar-refractivity contribution in [3.8, 4) is 0 Å². The van der Waals surface area contributed by atoms with Gasteiger partial charge in [-0.3, -0.25) is 4.79 Å². The molecule has 0 saturated carbocycles. The number of carbonyl (C=O) groups is 1. The van der Waals surface area contributed by atoms with Crippen molar-refractivity contribution in [3.05, 3.63) is 33.8 Å². The van der Waals surface area contributed by atoms with Crippen LogP contribution in [0, 0.1) is 17.6 Å². The largest absolute Gasteiger partial charge is 0.396 e. The maximum atomic E-state index is 13.5. The molecule has 1 aromatic carbocycles. The Labute approximate surface area is 112 Å². The molecule has 2 N–H and O–H groups in total. The molecule has 18 heavy (non-hydrogen) atoms. The monoisotopic (exact) mass is 321 g/mol. The first kappa shape index (κ1) is 15.0. The lowest BCUT2D eigenvalue weighted by Gasteiger charge is -2.12. The first-order valence-electron chi connectivity index (χ1n) is 5.49. The number of hydrogen-bond acceptors (Lipinski definition) is 2. The van der Waals surface area contributed by atoms with Gasteiger partial charge in [-0.15, -0.1) is 0 Å². The average Bonchev–Trinajstić information content (AvgIpc) is 2.25. The molecule has 0 aromatic heterocycles. The van der Waals surface area contributed by atoms with Gasteiger partial charge in [0, 0.05) is 17.6 Å². The van der Waals surface area contributed by atoms with Crippen molar-refractivity contribution in [1.82, 2.24) is 5.32 Å². The molecule has 1 aromatic rings. The van der Waals surface area contributed by atoms with Crippen molar-refractivity contribution in [2.45, 2.75) is 13.3 Å². The van der Waals surface area contributed by atoms with E-state index < -0.39 is 23.1 Å². The molecule has 1 amide bonds. The third-order valence-electron chi connectivity index (χ3n) is 2.47. The van der Waals surface area contributed by atoms with Crippen LogP contribution in [0.25, 0.3) is 0 Å². The van der Waals surface area contributed by atoms with Gasteiger partial charge < -0.3 is 10.4 Å². The van der Waals surface area contributed by atoms with Gasteiger partial charge in [0.1, 0.15) is 17.2 Å². The van der Waals surface area contributed by atoms with Crippen LogP contribution in [-0.4, -0.2) is 24.2 Å². The number of aliphatic hydroxyl groups is 1. The zero-order valence-electron chi connectivity index (χ0n) is 9.84. The quantitative estimate of drug-likeness (QED) is 0.875. The maximum Gasteiger partial charge on any atom is 0.257 e. The first-order chi connectivity index (χ1) is 8.45. The summed E-state index contributed by atoms with van der Waals surface area (Å²) in [6, 6.07) is 2.07. The summed E-state index contributed by atoms with van der Waals surface area (Å²) in [6.07, 6.45) is 0.519. The lowest BCUT2D eigenvalue weighted by atomic mass is 10.1. The van der Waals surface area contributed by atoms with Gasteiger partial charge in [0.2, 0.25) is 0 Å². The number of carbonyl (C=O) groups excluding carboxylic acids is 1. The normalized spacial score (nSPS) is 12.3. The summed E-state index contributed by atoms with van der Waals surface area (Å²) < 4.78 is 27.2. The highest BCUT2D eigenvalue weighted by Gasteiger charge is 2.18. The Kier molecular flexibility index (Phi) is 5.68. The van der Waals surface area contributed by atoms with Crippen molar-refractivity contribution < 1.29 is 18.7 Å². The number of rotatable bonds is 5. The van der Waals surface area contributed by atoms with E-state index in [4.69, 9.17) is 5.11 Å². The minimum Gasteiger partial charge on any atom is -0.396 e. The van der Waals surface area contributed by atoms with Crippen LogP contribution in [-0.2, 0) is 0 Å². The number of aliphatic hydroxyl groups excluding tert-OH is 1. The van der Waals surface area contributed by atoms with Crippen molar-refractivity contribution in [1.29, 1.82) is 0 Å². The van der Waals surface area contributed by atoms with E-state index in [2.05, 4.69) is 21.2 Å². The molecular formula is C12H14BrF2NO2. The van der Waals surface area contributed by atoms with E-state index in [9.17, 15) is 13.6 Å². The molecule has 1 atom stereocenters. The molecule has 1 unspecified atom stereocenters. The van der Waals surface area contributed by atoms with Crippen molar-refractivity contribution in [2.24, 2.45) is 5.92 Å². The van der Waals surface area contributed by atoms with Crippen LogP contribution >= 0.6 is 15.9 Å². The lowest BCUT2D eigenvalue weighted by molar-refractivity contribution is 0.0937. The molecule has 0 spiro atoms. The number of benzene rings is 1. The third kappa shape index (κ3) is 4.03. The summed E-state index contributed by atoms with van der Waals surface area (Å²) in [5.41, 5.74) is -0.589. The van der Waals surface area contributed by atoms with Crippen LogP contribution in [0.4, 0.5) is 8.78 Å². The molecule has 6 heteroatoms. The van der Waals surface area contributed by atoms with E-state index in [0.29, 0.717) is 6.42 Å². The Morgan fingerprint density at radius 2 is 2.00 bits per heavy atom. The van der Waals surface area contributed by atoms with Crippen LogP contribution in [0.2, 0.25) is 0 Å². The molecule has 0 aliphatic carbocycles. The number of nitrogens with one attached hydrogen (secondary N) is 1. The topological polar surface area (TPSA) is 49.3 Å². The van der Waals surface area contributed by atoms with E-state index in [1.165, 1.54) is 0 Å². The standard InChI is InChI=1S/C12H14BrF2NO2/c1-7(2-3-17)6-16-12(18)11-9(14)4-8(13)5-10(11)15/h4-5,7,17H,2-3,6H2,1H3,(H,16,18). The molecule has 1 rings (SSSR count). The van der Waals surface area contributed by atoms with Gasteiger partial charge in [-0.25, -0.2) is 8.78 Å². The molecule has 100 valence electrons. The summed E-state index contributed by atoms with van der Waals surface area (Å²) in [5, 5.41) is 11.1. The molecule has 0 heterocycles. The van der Waals surface area contributed by atoms with Crippen LogP contribution in [0.3, 0.4) is 0 Å². The van der Waals surface area contributed by atoms with Crippen LogP contribution in [0.1, 0.15) is 23.7 Å². The third-order valence-corrected chi connectivity index (χ3v) is 2.92. The lowest BCUT2D eigenvalue weighted by Crippen LogP contribution is -2.30. The highest BCUT2D eigenvalue weighted by molar-refractivity contribution is 9.10. The summed E-state index contributed by atoms with van der Waals surface area (Å²) >= 11 is 2.94.